The fraction of sp³-hybridized carbons (Fsp3) is 0.550. The highest BCUT2D eigenvalue weighted by Crippen LogP contribution is 2.20. The summed E-state index contributed by atoms with van der Waals surface area (Å²) in [6, 6.07) is 6.16. The highest BCUT2D eigenvalue weighted by Gasteiger charge is 2.10. The second kappa shape index (κ2) is 13.4. The normalized spacial score (nSPS) is 11.3. The standard InChI is InChI=1S/C20H31N5O3.HI/c1-14(2)19-24-18(28-25-19)8-9-22-20(21-4)23-13-16-7-6-15(3)12-17(16)27-11-10-26-5;/h6-7,12,14H,8-11,13H2,1-5H3,(H2,21,22,23);1H. The number of rotatable bonds is 10. The van der Waals surface area contributed by atoms with Gasteiger partial charge in [0.1, 0.15) is 12.4 Å². The van der Waals surface area contributed by atoms with Crippen molar-refractivity contribution >= 4 is 29.9 Å². The van der Waals surface area contributed by atoms with E-state index in [4.69, 9.17) is 14.0 Å². The quantitative estimate of drug-likeness (QED) is 0.217. The van der Waals surface area contributed by atoms with E-state index in [1.807, 2.05) is 26.8 Å². The van der Waals surface area contributed by atoms with E-state index < -0.39 is 0 Å². The van der Waals surface area contributed by atoms with Gasteiger partial charge in [-0.1, -0.05) is 31.1 Å². The molecule has 2 rings (SSSR count). The first-order chi connectivity index (χ1) is 13.5. The summed E-state index contributed by atoms with van der Waals surface area (Å²) in [7, 11) is 3.40. The van der Waals surface area contributed by atoms with Gasteiger partial charge in [0.2, 0.25) is 5.89 Å². The number of hydrogen-bond acceptors (Lipinski definition) is 6. The molecule has 0 bridgehead atoms. The smallest absolute Gasteiger partial charge is 0.228 e. The van der Waals surface area contributed by atoms with Crippen molar-refractivity contribution in [1.82, 2.24) is 20.8 Å². The van der Waals surface area contributed by atoms with Gasteiger partial charge in [0.15, 0.2) is 11.8 Å². The number of hydrogen-bond donors (Lipinski definition) is 2. The van der Waals surface area contributed by atoms with Crippen LogP contribution in [0.4, 0.5) is 0 Å². The Morgan fingerprint density at radius 3 is 2.69 bits per heavy atom. The number of guanidine groups is 1. The minimum atomic E-state index is 0. The third-order valence-corrected chi connectivity index (χ3v) is 4.07. The maximum Gasteiger partial charge on any atom is 0.228 e. The van der Waals surface area contributed by atoms with Crippen molar-refractivity contribution in [3.05, 3.63) is 41.0 Å². The van der Waals surface area contributed by atoms with E-state index in [1.54, 1.807) is 14.2 Å². The van der Waals surface area contributed by atoms with Crippen LogP contribution in [-0.2, 0) is 17.7 Å². The van der Waals surface area contributed by atoms with E-state index in [9.17, 15) is 0 Å². The van der Waals surface area contributed by atoms with Crippen LogP contribution in [0.2, 0.25) is 0 Å². The van der Waals surface area contributed by atoms with Gasteiger partial charge >= 0.3 is 0 Å². The molecule has 0 spiro atoms. The molecule has 0 fully saturated rings. The average Bonchev–Trinajstić information content (AvgIpc) is 3.15. The fourth-order valence-electron chi connectivity index (χ4n) is 2.47. The first kappa shape index (κ1) is 25.2. The average molecular weight is 517 g/mol. The molecule has 0 aliphatic carbocycles. The monoisotopic (exact) mass is 517 g/mol. The van der Waals surface area contributed by atoms with E-state index in [1.165, 1.54) is 0 Å². The van der Waals surface area contributed by atoms with E-state index in [2.05, 4.69) is 37.9 Å². The number of halogens is 1. The topological polar surface area (TPSA) is 93.8 Å². The first-order valence-electron chi connectivity index (χ1n) is 9.51. The van der Waals surface area contributed by atoms with Crippen LogP contribution in [0.5, 0.6) is 5.75 Å². The van der Waals surface area contributed by atoms with Crippen molar-refractivity contribution < 1.29 is 14.0 Å². The Labute approximate surface area is 189 Å². The van der Waals surface area contributed by atoms with Crippen molar-refractivity contribution in [3.63, 3.8) is 0 Å². The molecule has 0 radical (unpaired) electrons. The second-order valence-electron chi connectivity index (χ2n) is 6.76. The molecule has 1 aromatic carbocycles. The Bertz CT molecular complexity index is 764. The lowest BCUT2D eigenvalue weighted by Gasteiger charge is -2.15. The molecule has 0 saturated heterocycles. The van der Waals surface area contributed by atoms with Gasteiger partial charge in [-0.25, -0.2) is 0 Å². The molecule has 9 heteroatoms. The number of methoxy groups -OCH3 is 1. The van der Waals surface area contributed by atoms with Gasteiger partial charge in [-0.2, -0.15) is 4.98 Å². The molecule has 2 N–H and O–H groups in total. The lowest BCUT2D eigenvalue weighted by Crippen LogP contribution is -2.38. The number of aryl methyl sites for hydroxylation is 1. The number of aromatic nitrogens is 2. The van der Waals surface area contributed by atoms with Gasteiger partial charge in [-0.05, 0) is 18.6 Å². The van der Waals surface area contributed by atoms with Crippen LogP contribution >= 0.6 is 24.0 Å². The minimum absolute atomic E-state index is 0. The summed E-state index contributed by atoms with van der Waals surface area (Å²) in [4.78, 5) is 8.63. The third kappa shape index (κ3) is 8.57. The molecule has 0 atom stereocenters. The largest absolute Gasteiger partial charge is 0.491 e. The maximum atomic E-state index is 5.83. The summed E-state index contributed by atoms with van der Waals surface area (Å²) in [6.45, 7) is 8.43. The molecule has 0 unspecified atom stereocenters. The second-order valence-corrected chi connectivity index (χ2v) is 6.76. The number of benzene rings is 1. The summed E-state index contributed by atoms with van der Waals surface area (Å²) in [6.07, 6.45) is 0.635. The van der Waals surface area contributed by atoms with Crippen molar-refractivity contribution in [2.24, 2.45) is 4.99 Å². The summed E-state index contributed by atoms with van der Waals surface area (Å²) in [5.74, 6) is 3.17. The van der Waals surface area contributed by atoms with Crippen LogP contribution in [-0.4, -0.2) is 50.0 Å². The maximum absolute atomic E-state index is 5.83. The molecular weight excluding hydrogens is 485 g/mol. The lowest BCUT2D eigenvalue weighted by molar-refractivity contribution is 0.145. The van der Waals surface area contributed by atoms with Crippen LogP contribution in [0.25, 0.3) is 0 Å². The van der Waals surface area contributed by atoms with Gasteiger partial charge in [0, 0.05) is 45.1 Å². The summed E-state index contributed by atoms with van der Waals surface area (Å²) in [5, 5.41) is 10.5. The highest BCUT2D eigenvalue weighted by molar-refractivity contribution is 14.0. The fourth-order valence-corrected chi connectivity index (χ4v) is 2.47. The molecule has 1 heterocycles. The predicted molar refractivity (Wildman–Crippen MR) is 124 cm³/mol. The summed E-state index contributed by atoms with van der Waals surface area (Å²) in [5.41, 5.74) is 2.21. The highest BCUT2D eigenvalue weighted by atomic mass is 127. The minimum Gasteiger partial charge on any atom is -0.491 e. The third-order valence-electron chi connectivity index (χ3n) is 4.07. The van der Waals surface area contributed by atoms with Crippen LogP contribution in [0.1, 0.15) is 42.6 Å². The van der Waals surface area contributed by atoms with Crippen LogP contribution in [0.3, 0.4) is 0 Å². The van der Waals surface area contributed by atoms with Gasteiger partial charge in [0.05, 0.1) is 6.61 Å². The van der Waals surface area contributed by atoms with Gasteiger partial charge in [-0.3, -0.25) is 4.99 Å². The van der Waals surface area contributed by atoms with E-state index >= 15 is 0 Å². The van der Waals surface area contributed by atoms with Crippen molar-refractivity contribution in [2.45, 2.75) is 39.7 Å². The summed E-state index contributed by atoms with van der Waals surface area (Å²) < 4.78 is 16.1. The Morgan fingerprint density at radius 1 is 1.24 bits per heavy atom. The zero-order chi connectivity index (χ0) is 20.4. The number of nitrogens with zero attached hydrogens (tertiary/aromatic N) is 3. The Balaban J connectivity index is 0.00000420. The van der Waals surface area contributed by atoms with E-state index in [0.717, 1.165) is 22.7 Å². The van der Waals surface area contributed by atoms with Crippen molar-refractivity contribution in [2.75, 3.05) is 33.9 Å². The number of aliphatic imine (C=N–C) groups is 1. The Kier molecular flexibility index (Phi) is 11.6. The van der Waals surface area contributed by atoms with E-state index in [-0.39, 0.29) is 29.9 Å². The predicted octanol–water partition coefficient (Wildman–Crippen LogP) is 3.05. The molecule has 1 aromatic heterocycles. The molecule has 0 aliphatic rings. The zero-order valence-electron chi connectivity index (χ0n) is 17.8. The lowest BCUT2D eigenvalue weighted by atomic mass is 10.1. The van der Waals surface area contributed by atoms with Crippen LogP contribution in [0.15, 0.2) is 27.7 Å². The zero-order valence-corrected chi connectivity index (χ0v) is 20.1. The molecule has 2 aromatic rings. The van der Waals surface area contributed by atoms with E-state index in [0.29, 0.717) is 44.6 Å². The van der Waals surface area contributed by atoms with Crippen LogP contribution in [0, 0.1) is 6.92 Å². The molecular formula is C20H32IN5O3. The Hall–Kier alpha value is -1.88. The number of nitrogens with one attached hydrogen (secondary N) is 2. The molecule has 8 nitrogen and oxygen atoms in total. The van der Waals surface area contributed by atoms with Gasteiger partial charge in [-0.15, -0.1) is 24.0 Å². The molecule has 29 heavy (non-hydrogen) atoms. The first-order valence-corrected chi connectivity index (χ1v) is 9.51. The summed E-state index contributed by atoms with van der Waals surface area (Å²) >= 11 is 0. The Morgan fingerprint density at radius 2 is 2.03 bits per heavy atom. The van der Waals surface area contributed by atoms with Crippen molar-refractivity contribution in [3.8, 4) is 5.75 Å². The van der Waals surface area contributed by atoms with Crippen LogP contribution < -0.4 is 15.4 Å². The SMILES string of the molecule is CN=C(NCCc1nc(C(C)C)no1)NCc1ccc(C)cc1OCCOC.I. The van der Waals surface area contributed by atoms with Gasteiger partial charge in [0.25, 0.3) is 0 Å². The molecule has 0 aliphatic heterocycles. The van der Waals surface area contributed by atoms with Crippen molar-refractivity contribution in [1.29, 1.82) is 0 Å². The molecule has 0 amide bonds. The molecule has 162 valence electrons. The number of ether oxygens (including phenoxy) is 2. The molecule has 0 saturated carbocycles. The van der Waals surface area contributed by atoms with Gasteiger partial charge < -0.3 is 24.6 Å².